The Kier molecular flexibility index (Phi) is 5.60. The normalized spacial score (nSPS) is 18.3. The van der Waals surface area contributed by atoms with Gasteiger partial charge in [-0.1, -0.05) is 0 Å². The zero-order chi connectivity index (χ0) is 24.8. The second kappa shape index (κ2) is 8.95. The fraction of sp³-hybridized carbons (Fsp3) is 0.286. The van der Waals surface area contributed by atoms with Crippen molar-refractivity contribution < 1.29 is 13.5 Å². The lowest BCUT2D eigenvalue weighted by atomic mass is 9.90. The molecule has 6 rings (SSSR count). The van der Waals surface area contributed by atoms with E-state index in [-0.39, 0.29) is 17.4 Å². The predicted molar refractivity (Wildman–Crippen MR) is 137 cm³/mol. The number of H-pyrrole nitrogens is 1. The van der Waals surface area contributed by atoms with Gasteiger partial charge in [-0.05, 0) is 73.5 Å². The molecule has 0 unspecified atom stereocenters. The topological polar surface area (TPSA) is 89.3 Å². The van der Waals surface area contributed by atoms with Crippen molar-refractivity contribution in [2.45, 2.75) is 44.3 Å². The van der Waals surface area contributed by atoms with Gasteiger partial charge in [0.05, 0.1) is 23.5 Å². The molecule has 0 saturated heterocycles. The molecule has 0 bridgehead atoms. The minimum absolute atomic E-state index is 0.00716. The highest BCUT2D eigenvalue weighted by atomic mass is 19.1. The molecule has 1 saturated carbocycles. The van der Waals surface area contributed by atoms with Crippen LogP contribution in [0.25, 0.3) is 32.8 Å². The molecule has 184 valence electrons. The molecule has 8 heteroatoms. The Morgan fingerprint density at radius 2 is 1.83 bits per heavy atom. The number of aromatic nitrogens is 2. The van der Waals surface area contributed by atoms with E-state index in [1.807, 2.05) is 28.8 Å². The summed E-state index contributed by atoms with van der Waals surface area (Å²) in [6.07, 6.45) is 3.62. The summed E-state index contributed by atoms with van der Waals surface area (Å²) in [7, 11) is 1.63. The predicted octanol–water partition coefficient (Wildman–Crippen LogP) is 5.01. The van der Waals surface area contributed by atoms with E-state index in [0.29, 0.717) is 34.5 Å². The molecule has 1 fully saturated rings. The van der Waals surface area contributed by atoms with Crippen molar-refractivity contribution in [3.05, 3.63) is 86.9 Å². The van der Waals surface area contributed by atoms with Crippen molar-refractivity contribution in [3.8, 4) is 5.75 Å². The number of fused-ring (bicyclic) bond motifs is 4. The average molecular weight is 488 g/mol. The number of halogens is 1. The van der Waals surface area contributed by atoms with Gasteiger partial charge in [0.25, 0.3) is 5.56 Å². The first-order valence-corrected chi connectivity index (χ1v) is 12.2. The van der Waals surface area contributed by atoms with Crippen LogP contribution >= 0.6 is 0 Å². The summed E-state index contributed by atoms with van der Waals surface area (Å²) in [5.41, 5.74) is 2.26. The lowest BCUT2D eigenvalue weighted by Gasteiger charge is -2.31. The number of hydrogen-bond acceptors (Lipinski definition) is 5. The van der Waals surface area contributed by atoms with E-state index >= 15 is 0 Å². The molecule has 1 aliphatic carbocycles. The van der Waals surface area contributed by atoms with Crippen LogP contribution in [0.5, 0.6) is 5.75 Å². The minimum atomic E-state index is -0.440. The average Bonchev–Trinajstić information content (AvgIpc) is 3.33. The third kappa shape index (κ3) is 3.97. The largest absolute Gasteiger partial charge is 0.497 e. The van der Waals surface area contributed by atoms with E-state index in [2.05, 4.69) is 10.3 Å². The van der Waals surface area contributed by atoms with E-state index in [0.717, 1.165) is 48.0 Å². The Hall–Kier alpha value is -3.91. The van der Waals surface area contributed by atoms with Crippen LogP contribution in [0.1, 0.15) is 37.4 Å². The molecular weight excluding hydrogens is 461 g/mol. The fourth-order valence-electron chi connectivity index (χ4n) is 5.45. The van der Waals surface area contributed by atoms with Gasteiger partial charge in [-0.2, -0.15) is 0 Å². The zero-order valence-electron chi connectivity index (χ0n) is 19.8. The van der Waals surface area contributed by atoms with Crippen LogP contribution in [0, 0.1) is 5.82 Å². The molecular formula is C28H26FN3O4. The van der Waals surface area contributed by atoms with Gasteiger partial charge in [-0.15, -0.1) is 0 Å². The van der Waals surface area contributed by atoms with E-state index in [4.69, 9.17) is 9.15 Å². The number of hydrogen-bond donors (Lipinski definition) is 2. The number of pyridine rings is 1. The van der Waals surface area contributed by atoms with Gasteiger partial charge in [0.15, 0.2) is 0 Å². The first-order valence-electron chi connectivity index (χ1n) is 12.2. The molecule has 0 spiro atoms. The van der Waals surface area contributed by atoms with Gasteiger partial charge in [-0.25, -0.2) is 9.18 Å². The summed E-state index contributed by atoms with van der Waals surface area (Å²) >= 11 is 0. The molecule has 36 heavy (non-hydrogen) atoms. The minimum Gasteiger partial charge on any atom is -0.497 e. The van der Waals surface area contributed by atoms with Crippen LogP contribution in [0.15, 0.2) is 68.6 Å². The summed E-state index contributed by atoms with van der Waals surface area (Å²) in [6, 6.07) is 15.6. The molecule has 3 heterocycles. The van der Waals surface area contributed by atoms with Crippen molar-refractivity contribution in [3.63, 3.8) is 0 Å². The quantitative estimate of drug-likeness (QED) is 0.340. The van der Waals surface area contributed by atoms with Crippen LogP contribution in [0.3, 0.4) is 0 Å². The Labute approximate surface area is 205 Å². The van der Waals surface area contributed by atoms with Gasteiger partial charge >= 0.3 is 5.63 Å². The summed E-state index contributed by atoms with van der Waals surface area (Å²) in [5.74, 6) is 0.354. The molecule has 2 N–H and O–H groups in total. The number of methoxy groups -OCH3 is 1. The number of nitrogens with zero attached hydrogens (tertiary/aromatic N) is 1. The monoisotopic (exact) mass is 487 g/mol. The Balaban J connectivity index is 1.18. The van der Waals surface area contributed by atoms with Crippen molar-refractivity contribution in [1.82, 2.24) is 14.9 Å². The molecule has 0 aliphatic heterocycles. The van der Waals surface area contributed by atoms with Crippen LogP contribution in [0.2, 0.25) is 0 Å². The second-order valence-electron chi connectivity index (χ2n) is 9.47. The van der Waals surface area contributed by atoms with Crippen molar-refractivity contribution >= 4 is 32.8 Å². The number of benzene rings is 2. The number of aromatic amines is 1. The zero-order valence-corrected chi connectivity index (χ0v) is 19.8. The lowest BCUT2D eigenvalue weighted by molar-refractivity contribution is 0.290. The summed E-state index contributed by atoms with van der Waals surface area (Å²) in [4.78, 5) is 28.5. The number of nitrogens with one attached hydrogen (secondary N) is 2. The smallest absolute Gasteiger partial charge is 0.345 e. The van der Waals surface area contributed by atoms with Gasteiger partial charge < -0.3 is 24.0 Å². The fourth-order valence-corrected chi connectivity index (χ4v) is 5.45. The summed E-state index contributed by atoms with van der Waals surface area (Å²) < 4.78 is 26.4. The van der Waals surface area contributed by atoms with Crippen LogP contribution in [-0.4, -0.2) is 22.7 Å². The molecule has 0 radical (unpaired) electrons. The Bertz CT molecular complexity index is 1710. The maximum atomic E-state index is 13.8. The highest BCUT2D eigenvalue weighted by Crippen LogP contribution is 2.31. The third-order valence-corrected chi connectivity index (χ3v) is 7.29. The number of rotatable bonds is 5. The van der Waals surface area contributed by atoms with Crippen molar-refractivity contribution in [2.24, 2.45) is 0 Å². The summed E-state index contributed by atoms with van der Waals surface area (Å²) in [6.45, 7) is 0.547. The van der Waals surface area contributed by atoms with E-state index in [1.165, 1.54) is 18.2 Å². The Morgan fingerprint density at radius 1 is 1.03 bits per heavy atom. The first kappa shape index (κ1) is 22.5. The number of ether oxygens (including phenoxy) is 1. The maximum Gasteiger partial charge on any atom is 0.345 e. The highest BCUT2D eigenvalue weighted by Gasteiger charge is 2.24. The van der Waals surface area contributed by atoms with Gasteiger partial charge in [-0.3, -0.25) is 4.79 Å². The van der Waals surface area contributed by atoms with E-state index < -0.39 is 5.63 Å². The SMILES string of the molecule is COc1ccc2ccc(=O)n([C@H]3CC[C@H](NCc4cc5c(=O)oc6ccc(F)cc6c5[nH]4)CC3)c2c1. The highest BCUT2D eigenvalue weighted by molar-refractivity contribution is 6.02. The molecule has 2 aromatic carbocycles. The lowest BCUT2D eigenvalue weighted by Crippen LogP contribution is -2.35. The third-order valence-electron chi connectivity index (χ3n) is 7.29. The van der Waals surface area contributed by atoms with Crippen molar-refractivity contribution in [1.29, 1.82) is 0 Å². The van der Waals surface area contributed by atoms with Crippen LogP contribution in [0.4, 0.5) is 4.39 Å². The molecule has 7 nitrogen and oxygen atoms in total. The van der Waals surface area contributed by atoms with E-state index in [9.17, 15) is 14.0 Å². The molecule has 1 aliphatic rings. The Morgan fingerprint density at radius 3 is 2.64 bits per heavy atom. The maximum absolute atomic E-state index is 13.8. The summed E-state index contributed by atoms with van der Waals surface area (Å²) in [5, 5.41) is 5.56. The first-order chi connectivity index (χ1) is 17.5. The van der Waals surface area contributed by atoms with Crippen LogP contribution < -0.4 is 21.2 Å². The van der Waals surface area contributed by atoms with Crippen LogP contribution in [-0.2, 0) is 6.54 Å². The van der Waals surface area contributed by atoms with E-state index in [1.54, 1.807) is 19.2 Å². The molecule has 5 aromatic rings. The van der Waals surface area contributed by atoms with Crippen molar-refractivity contribution in [2.75, 3.05) is 7.11 Å². The molecule has 0 amide bonds. The second-order valence-corrected chi connectivity index (χ2v) is 9.47. The van der Waals surface area contributed by atoms with Gasteiger partial charge in [0, 0.05) is 41.8 Å². The molecule has 3 aromatic heterocycles. The van der Waals surface area contributed by atoms with Gasteiger partial charge in [0.1, 0.15) is 17.1 Å². The van der Waals surface area contributed by atoms with Gasteiger partial charge in [0.2, 0.25) is 0 Å². The standard InChI is InChI=1S/C28H26FN3O4/c1-35-21-9-2-16-3-11-26(33)32(24(16)14-21)20-7-5-18(6-8-20)30-15-19-13-23-27(31-19)22-12-17(29)4-10-25(22)36-28(23)34/h2-4,9-14,18,20,30-31H,5-8,15H2,1H3/t18-,20-. The molecule has 0 atom stereocenters.